The van der Waals surface area contributed by atoms with E-state index in [4.69, 9.17) is 4.84 Å². The molecule has 1 aliphatic heterocycles. The highest BCUT2D eigenvalue weighted by Gasteiger charge is 2.26. The van der Waals surface area contributed by atoms with E-state index in [9.17, 15) is 17.3 Å². The molecule has 0 amide bonds. The number of halogens is 4. The predicted octanol–water partition coefficient (Wildman–Crippen LogP) is 1.44. The summed E-state index contributed by atoms with van der Waals surface area (Å²) in [4.78, 5) is 5.73. The minimum absolute atomic E-state index is 0.655. The van der Waals surface area contributed by atoms with E-state index in [1.165, 1.54) is 0 Å². The quantitative estimate of drug-likeness (QED) is 0.269. The van der Waals surface area contributed by atoms with Crippen LogP contribution in [0.4, 0.5) is 28.6 Å². The summed E-state index contributed by atoms with van der Waals surface area (Å²) >= 11 is 0. The van der Waals surface area contributed by atoms with E-state index in [2.05, 4.69) is 10.9 Å². The average molecular weight is 323 g/mol. The molecule has 0 saturated heterocycles. The topological polar surface area (TPSA) is 42.8 Å². The van der Waals surface area contributed by atoms with Crippen molar-refractivity contribution >= 4 is 24.7 Å². The monoisotopic (exact) mass is 323 g/mol. The van der Waals surface area contributed by atoms with E-state index >= 15 is 0 Å². The Balaban J connectivity index is 0.000000422. The lowest BCUT2D eigenvalue weighted by atomic mass is 10.3. The van der Waals surface area contributed by atoms with Gasteiger partial charge >= 0.3 is 13.3 Å². The number of anilines is 2. The summed E-state index contributed by atoms with van der Waals surface area (Å²) in [6.07, 6.45) is 0. The van der Waals surface area contributed by atoms with Crippen LogP contribution in [0, 0.1) is 0 Å². The van der Waals surface area contributed by atoms with Crippen molar-refractivity contribution < 1.29 is 26.7 Å². The summed E-state index contributed by atoms with van der Waals surface area (Å²) in [6.45, 7) is 0. The van der Waals surface area contributed by atoms with Crippen LogP contribution in [-0.2, 0) is 4.84 Å². The van der Waals surface area contributed by atoms with Gasteiger partial charge in [0.25, 0.3) is 0 Å². The Morgan fingerprint density at radius 3 is 2.14 bits per heavy atom. The van der Waals surface area contributed by atoms with Gasteiger partial charge in [-0.1, -0.05) is 12.1 Å². The summed E-state index contributed by atoms with van der Waals surface area (Å²) in [5.41, 5.74) is 5.14. The number of rotatable bonds is 1. The molecule has 0 radical (unpaired) electrons. The molecule has 6 nitrogen and oxygen atoms in total. The second-order valence-electron chi connectivity index (χ2n) is 4.48. The highest BCUT2D eigenvalue weighted by molar-refractivity contribution is 6.50. The molecule has 0 unspecified atom stereocenters. The Morgan fingerprint density at radius 1 is 1.18 bits per heavy atom. The number of fused-ring (bicyclic) bond motifs is 1. The number of amidine groups is 1. The molecule has 0 aromatic heterocycles. The van der Waals surface area contributed by atoms with Crippen LogP contribution in [-0.4, -0.2) is 46.0 Å². The lowest BCUT2D eigenvalue weighted by Crippen LogP contribution is -2.46. The first kappa shape index (κ1) is 17.9. The van der Waals surface area contributed by atoms with Crippen LogP contribution in [0.5, 0.6) is 0 Å². The number of hydrogen-bond acceptors (Lipinski definition) is 4. The number of hydrogen-bond donors (Lipinski definition) is 2. The maximum Gasteiger partial charge on any atom is 0.673 e. The zero-order chi connectivity index (χ0) is 16.9. The van der Waals surface area contributed by atoms with Crippen LogP contribution in [0.25, 0.3) is 0 Å². The van der Waals surface area contributed by atoms with E-state index in [1.807, 2.05) is 62.0 Å². The molecular weight excluding hydrogens is 305 g/mol. The van der Waals surface area contributed by atoms with Gasteiger partial charge in [-0.25, -0.2) is 9.89 Å². The van der Waals surface area contributed by atoms with Gasteiger partial charge in [-0.15, -0.1) is 10.7 Å². The molecule has 124 valence electrons. The number of hydrazine groups is 2. The predicted molar refractivity (Wildman–Crippen MR) is 77.9 cm³/mol. The van der Waals surface area contributed by atoms with E-state index < -0.39 is 7.25 Å². The van der Waals surface area contributed by atoms with Crippen LogP contribution in [0.15, 0.2) is 24.3 Å². The summed E-state index contributed by atoms with van der Waals surface area (Å²) in [5, 5.41) is 6.52. The van der Waals surface area contributed by atoms with Crippen molar-refractivity contribution in [1.82, 2.24) is 10.9 Å². The third-order valence-electron chi connectivity index (χ3n) is 2.50. The van der Waals surface area contributed by atoms with Gasteiger partial charge in [0.1, 0.15) is 5.69 Å². The van der Waals surface area contributed by atoms with Crippen molar-refractivity contribution in [2.45, 2.75) is 0 Å². The number of benzene rings is 1. The molecule has 0 fully saturated rings. The van der Waals surface area contributed by atoms with Crippen LogP contribution in [0.2, 0.25) is 0 Å². The smallest absolute Gasteiger partial charge is 0.418 e. The molecule has 1 aliphatic rings. The SMILES string of the molecule is CNC(ON1NN(C)c2ccccc21)=[N+](C)C.F[B-](F)(F)F. The molecule has 11 heteroatoms. The van der Waals surface area contributed by atoms with Gasteiger partial charge in [-0.05, 0) is 12.1 Å². The molecule has 1 heterocycles. The Kier molecular flexibility index (Phi) is 5.86. The molecule has 0 spiro atoms. The Bertz CT molecular complexity index is 529. The molecule has 2 N–H and O–H groups in total. The fourth-order valence-corrected chi connectivity index (χ4v) is 1.67. The van der Waals surface area contributed by atoms with Gasteiger partial charge in [-0.2, -0.15) is 0 Å². The first-order valence-electron chi connectivity index (χ1n) is 6.30. The Hall–Kier alpha value is -2.17. The third kappa shape index (κ3) is 5.32. The largest absolute Gasteiger partial charge is 0.673 e. The van der Waals surface area contributed by atoms with Crippen LogP contribution in [0.3, 0.4) is 0 Å². The molecule has 0 bridgehead atoms. The summed E-state index contributed by atoms with van der Waals surface area (Å²) < 4.78 is 40.9. The van der Waals surface area contributed by atoms with Crippen molar-refractivity contribution in [2.24, 2.45) is 0 Å². The normalized spacial score (nSPS) is 13.1. The molecule has 0 atom stereocenters. The zero-order valence-corrected chi connectivity index (χ0v) is 12.6. The molecular formula is C11H18BF4N5O. The highest BCUT2D eigenvalue weighted by Crippen LogP contribution is 2.31. The first-order chi connectivity index (χ1) is 10.1. The maximum absolute atomic E-state index is 9.75. The minimum atomic E-state index is -6.00. The molecule has 2 rings (SSSR count). The van der Waals surface area contributed by atoms with Gasteiger partial charge in [0, 0.05) is 7.05 Å². The van der Waals surface area contributed by atoms with Crippen molar-refractivity contribution in [3.8, 4) is 0 Å². The maximum atomic E-state index is 9.75. The van der Waals surface area contributed by atoms with E-state index in [0.29, 0.717) is 6.02 Å². The second kappa shape index (κ2) is 7.21. The number of para-hydroxylation sites is 2. The molecule has 0 saturated carbocycles. The molecule has 0 aliphatic carbocycles. The number of nitrogens with zero attached hydrogens (tertiary/aromatic N) is 3. The van der Waals surface area contributed by atoms with Crippen LogP contribution < -0.4 is 21.0 Å². The van der Waals surface area contributed by atoms with Crippen LogP contribution in [0.1, 0.15) is 0 Å². The van der Waals surface area contributed by atoms with E-state index in [-0.39, 0.29) is 0 Å². The summed E-state index contributed by atoms with van der Waals surface area (Å²) in [5.74, 6) is 0. The Morgan fingerprint density at radius 2 is 1.68 bits per heavy atom. The standard InChI is InChI=1S/C11H17N5O.BF4/c1-12-11(14(2)3)17-16-10-8-6-5-7-9(10)15(4)13-16;2-1(3,4)5/h5-8,13H,1-4H3;/q;-1/p+1. The van der Waals surface area contributed by atoms with Gasteiger partial charge in [-0.3, -0.25) is 9.85 Å². The second-order valence-corrected chi connectivity index (χ2v) is 4.48. The third-order valence-corrected chi connectivity index (χ3v) is 2.50. The highest BCUT2D eigenvalue weighted by atomic mass is 19.5. The Labute approximate surface area is 126 Å². The summed E-state index contributed by atoms with van der Waals surface area (Å²) in [6, 6.07) is 8.65. The van der Waals surface area contributed by atoms with Gasteiger partial charge in [0.15, 0.2) is 0 Å². The molecule has 1 aromatic carbocycles. The fraction of sp³-hybridized carbons (Fsp3) is 0.364. The van der Waals surface area contributed by atoms with Crippen molar-refractivity contribution in [3.05, 3.63) is 24.3 Å². The van der Waals surface area contributed by atoms with E-state index in [0.717, 1.165) is 11.4 Å². The molecule has 22 heavy (non-hydrogen) atoms. The lowest BCUT2D eigenvalue weighted by Gasteiger charge is -2.18. The number of nitrogens with one attached hydrogen (secondary N) is 2. The summed E-state index contributed by atoms with van der Waals surface area (Å²) in [7, 11) is 1.59. The first-order valence-corrected chi connectivity index (χ1v) is 6.30. The minimum Gasteiger partial charge on any atom is -0.418 e. The van der Waals surface area contributed by atoms with Crippen molar-refractivity contribution in [1.29, 1.82) is 0 Å². The van der Waals surface area contributed by atoms with Crippen molar-refractivity contribution in [2.75, 3.05) is 38.4 Å². The fourth-order valence-electron chi connectivity index (χ4n) is 1.67. The van der Waals surface area contributed by atoms with Crippen molar-refractivity contribution in [3.63, 3.8) is 0 Å². The molecule has 1 aromatic rings. The van der Waals surface area contributed by atoms with E-state index in [1.54, 1.807) is 5.17 Å². The van der Waals surface area contributed by atoms with Gasteiger partial charge < -0.3 is 17.3 Å². The van der Waals surface area contributed by atoms with Gasteiger partial charge in [0.05, 0.1) is 26.8 Å². The lowest BCUT2D eigenvalue weighted by molar-refractivity contribution is -0.477. The van der Waals surface area contributed by atoms with Gasteiger partial charge in [0.2, 0.25) is 0 Å². The van der Waals surface area contributed by atoms with Crippen LogP contribution >= 0.6 is 0 Å². The zero-order valence-electron chi connectivity index (χ0n) is 12.6. The average Bonchev–Trinajstić information content (AvgIpc) is 2.71.